The molecule has 0 radical (unpaired) electrons. The predicted molar refractivity (Wildman–Crippen MR) is 72.5 cm³/mol. The lowest BCUT2D eigenvalue weighted by molar-refractivity contribution is -0.175. The summed E-state index contributed by atoms with van der Waals surface area (Å²) in [5, 5.41) is 3.07. The summed E-state index contributed by atoms with van der Waals surface area (Å²) in [6.07, 6.45) is -2.58. The standard InChI is InChI=1S/C12H24F3NO3S/c1-3-7-16-11(9-19-10-12(13,14)15)6-5-8-20(17,18)4-2/h11,16H,3-10H2,1-2H3. The van der Waals surface area contributed by atoms with Gasteiger partial charge in [-0.05, 0) is 25.8 Å². The molecule has 0 aliphatic carbocycles. The van der Waals surface area contributed by atoms with Gasteiger partial charge in [-0.15, -0.1) is 0 Å². The van der Waals surface area contributed by atoms with Crippen LogP contribution < -0.4 is 5.32 Å². The Morgan fingerprint density at radius 1 is 1.25 bits per heavy atom. The first-order chi connectivity index (χ1) is 9.20. The van der Waals surface area contributed by atoms with E-state index in [-0.39, 0.29) is 24.2 Å². The van der Waals surface area contributed by atoms with Gasteiger partial charge in [-0.25, -0.2) is 8.42 Å². The molecule has 0 bridgehead atoms. The first-order valence-corrected chi connectivity index (χ1v) is 8.60. The van der Waals surface area contributed by atoms with Gasteiger partial charge in [0.05, 0.1) is 12.4 Å². The normalized spacial score (nSPS) is 14.4. The van der Waals surface area contributed by atoms with Crippen molar-refractivity contribution in [3.8, 4) is 0 Å². The molecule has 20 heavy (non-hydrogen) atoms. The summed E-state index contributed by atoms with van der Waals surface area (Å²) in [5.41, 5.74) is 0. The van der Waals surface area contributed by atoms with Crippen LogP contribution in [0.3, 0.4) is 0 Å². The van der Waals surface area contributed by atoms with E-state index < -0.39 is 22.6 Å². The fraction of sp³-hybridized carbons (Fsp3) is 1.00. The molecule has 0 rings (SSSR count). The summed E-state index contributed by atoms with van der Waals surface area (Å²) in [4.78, 5) is 0. The molecule has 0 saturated carbocycles. The van der Waals surface area contributed by atoms with E-state index >= 15 is 0 Å². The molecule has 0 aromatic heterocycles. The van der Waals surface area contributed by atoms with Crippen molar-refractivity contribution in [2.24, 2.45) is 0 Å². The van der Waals surface area contributed by atoms with Crippen molar-refractivity contribution in [1.82, 2.24) is 5.32 Å². The first kappa shape index (κ1) is 19.7. The molecule has 0 heterocycles. The topological polar surface area (TPSA) is 55.4 Å². The average Bonchev–Trinajstić information content (AvgIpc) is 2.33. The van der Waals surface area contributed by atoms with Crippen LogP contribution in [0.25, 0.3) is 0 Å². The zero-order chi connectivity index (χ0) is 15.6. The predicted octanol–water partition coefficient (Wildman–Crippen LogP) is 2.15. The van der Waals surface area contributed by atoms with Crippen molar-refractivity contribution in [2.75, 3.05) is 31.3 Å². The van der Waals surface area contributed by atoms with Crippen molar-refractivity contribution in [3.05, 3.63) is 0 Å². The van der Waals surface area contributed by atoms with Gasteiger partial charge in [0, 0.05) is 11.8 Å². The zero-order valence-corrected chi connectivity index (χ0v) is 12.8. The lowest BCUT2D eigenvalue weighted by Crippen LogP contribution is -2.35. The SMILES string of the molecule is CCCNC(CCCS(=O)(=O)CC)COCC(F)(F)F. The summed E-state index contributed by atoms with van der Waals surface area (Å²) in [7, 11) is -3.03. The Kier molecular flexibility index (Phi) is 9.41. The van der Waals surface area contributed by atoms with E-state index in [1.807, 2.05) is 6.92 Å². The van der Waals surface area contributed by atoms with Gasteiger partial charge in [-0.3, -0.25) is 0 Å². The lowest BCUT2D eigenvalue weighted by atomic mass is 10.2. The smallest absolute Gasteiger partial charge is 0.370 e. The molecule has 0 aromatic rings. The van der Waals surface area contributed by atoms with Crippen LogP contribution in [-0.4, -0.2) is 51.9 Å². The monoisotopic (exact) mass is 319 g/mol. The summed E-state index contributed by atoms with van der Waals surface area (Å²) >= 11 is 0. The second-order valence-corrected chi connectivity index (χ2v) is 7.13. The number of hydrogen-bond donors (Lipinski definition) is 1. The third kappa shape index (κ3) is 11.5. The van der Waals surface area contributed by atoms with Crippen LogP contribution in [0.4, 0.5) is 13.2 Å². The van der Waals surface area contributed by atoms with E-state index in [4.69, 9.17) is 0 Å². The quantitative estimate of drug-likeness (QED) is 0.634. The number of nitrogens with one attached hydrogen (secondary N) is 1. The lowest BCUT2D eigenvalue weighted by Gasteiger charge is -2.19. The molecule has 0 aliphatic heterocycles. The largest absolute Gasteiger partial charge is 0.411 e. The number of rotatable bonds is 11. The molecule has 0 saturated heterocycles. The van der Waals surface area contributed by atoms with E-state index in [2.05, 4.69) is 10.1 Å². The highest BCUT2D eigenvalue weighted by Gasteiger charge is 2.27. The van der Waals surface area contributed by atoms with Crippen molar-refractivity contribution >= 4 is 9.84 Å². The van der Waals surface area contributed by atoms with Crippen molar-refractivity contribution in [3.63, 3.8) is 0 Å². The van der Waals surface area contributed by atoms with Crippen LogP contribution in [0.15, 0.2) is 0 Å². The van der Waals surface area contributed by atoms with E-state index in [1.54, 1.807) is 6.92 Å². The molecule has 1 atom stereocenters. The number of sulfone groups is 1. The number of halogens is 3. The van der Waals surface area contributed by atoms with Gasteiger partial charge in [0.25, 0.3) is 0 Å². The van der Waals surface area contributed by atoms with Crippen molar-refractivity contribution in [1.29, 1.82) is 0 Å². The molecular formula is C12H24F3NO3S. The minimum Gasteiger partial charge on any atom is -0.370 e. The van der Waals surface area contributed by atoms with Gasteiger partial charge in [0.15, 0.2) is 0 Å². The van der Waals surface area contributed by atoms with E-state index in [0.717, 1.165) is 6.42 Å². The maximum Gasteiger partial charge on any atom is 0.411 e. The second-order valence-electron chi connectivity index (χ2n) is 4.66. The summed E-state index contributed by atoms with van der Waals surface area (Å²) < 4.78 is 63.3. The Hall–Kier alpha value is -0.340. The Labute approximate surface area is 119 Å². The molecule has 0 aromatic carbocycles. The van der Waals surface area contributed by atoms with Crippen molar-refractivity contribution < 1.29 is 26.3 Å². The van der Waals surface area contributed by atoms with E-state index in [9.17, 15) is 21.6 Å². The van der Waals surface area contributed by atoms with Gasteiger partial charge < -0.3 is 10.1 Å². The Balaban J connectivity index is 4.08. The number of alkyl halides is 3. The Bertz CT molecular complexity index is 344. The van der Waals surface area contributed by atoms with Crippen LogP contribution in [0.1, 0.15) is 33.1 Å². The van der Waals surface area contributed by atoms with Crippen molar-refractivity contribution in [2.45, 2.75) is 45.3 Å². The molecule has 1 unspecified atom stereocenters. The fourth-order valence-corrected chi connectivity index (χ4v) is 2.50. The second kappa shape index (κ2) is 9.57. The first-order valence-electron chi connectivity index (χ1n) is 6.78. The molecule has 1 N–H and O–H groups in total. The van der Waals surface area contributed by atoms with Gasteiger partial charge in [0.1, 0.15) is 16.4 Å². The van der Waals surface area contributed by atoms with Crippen LogP contribution in [-0.2, 0) is 14.6 Å². The highest BCUT2D eigenvalue weighted by atomic mass is 32.2. The minimum atomic E-state index is -4.33. The minimum absolute atomic E-state index is 0.0626. The maximum absolute atomic E-state index is 12.0. The molecule has 0 amide bonds. The van der Waals surface area contributed by atoms with Crippen LogP contribution >= 0.6 is 0 Å². The molecule has 0 fully saturated rings. The van der Waals surface area contributed by atoms with Gasteiger partial charge in [-0.2, -0.15) is 13.2 Å². The van der Waals surface area contributed by atoms with Gasteiger partial charge in [0.2, 0.25) is 0 Å². The fourth-order valence-electron chi connectivity index (χ4n) is 1.60. The van der Waals surface area contributed by atoms with E-state index in [1.165, 1.54) is 0 Å². The summed E-state index contributed by atoms with van der Waals surface area (Å²) in [5.74, 6) is 0.151. The Morgan fingerprint density at radius 2 is 1.90 bits per heavy atom. The molecule has 0 spiro atoms. The van der Waals surface area contributed by atoms with Crippen LogP contribution in [0.5, 0.6) is 0 Å². The summed E-state index contributed by atoms with van der Waals surface area (Å²) in [6, 6.07) is -0.246. The summed E-state index contributed by atoms with van der Waals surface area (Å²) in [6.45, 7) is 2.85. The number of hydrogen-bond acceptors (Lipinski definition) is 4. The highest BCUT2D eigenvalue weighted by Crippen LogP contribution is 2.14. The maximum atomic E-state index is 12.0. The Morgan fingerprint density at radius 3 is 2.40 bits per heavy atom. The van der Waals surface area contributed by atoms with Gasteiger partial charge >= 0.3 is 6.18 Å². The van der Waals surface area contributed by atoms with Crippen LogP contribution in [0.2, 0.25) is 0 Å². The zero-order valence-electron chi connectivity index (χ0n) is 12.0. The highest BCUT2D eigenvalue weighted by molar-refractivity contribution is 7.91. The molecule has 4 nitrogen and oxygen atoms in total. The third-order valence-electron chi connectivity index (χ3n) is 2.72. The van der Waals surface area contributed by atoms with Crippen LogP contribution in [0, 0.1) is 0 Å². The third-order valence-corrected chi connectivity index (χ3v) is 4.51. The van der Waals surface area contributed by atoms with E-state index in [0.29, 0.717) is 19.4 Å². The molecule has 0 aliphatic rings. The molecular weight excluding hydrogens is 295 g/mol. The molecule has 122 valence electrons. The molecule has 8 heteroatoms. The van der Waals surface area contributed by atoms with Gasteiger partial charge in [-0.1, -0.05) is 13.8 Å². The number of ether oxygens (including phenoxy) is 1. The average molecular weight is 319 g/mol.